The molecule has 0 bridgehead atoms. The highest BCUT2D eigenvalue weighted by molar-refractivity contribution is 5.93. The lowest BCUT2D eigenvalue weighted by Crippen LogP contribution is -2.04. The van der Waals surface area contributed by atoms with Gasteiger partial charge in [0.2, 0.25) is 0 Å². The summed E-state index contributed by atoms with van der Waals surface area (Å²) < 4.78 is 16.7. The first-order valence-corrected chi connectivity index (χ1v) is 9.95. The minimum atomic E-state index is -0.374. The van der Waals surface area contributed by atoms with Crippen molar-refractivity contribution in [1.82, 2.24) is 15.0 Å². The van der Waals surface area contributed by atoms with E-state index < -0.39 is 0 Å². The predicted molar refractivity (Wildman–Crippen MR) is 120 cm³/mol. The topological polar surface area (TPSA) is 95.5 Å². The molecule has 162 valence electrons. The summed E-state index contributed by atoms with van der Waals surface area (Å²) >= 11 is 0. The first-order chi connectivity index (χ1) is 15.5. The van der Waals surface area contributed by atoms with Gasteiger partial charge in [0, 0.05) is 36.3 Å². The number of aromatic nitrogens is 3. The van der Waals surface area contributed by atoms with Crippen molar-refractivity contribution in [2.24, 2.45) is 0 Å². The van der Waals surface area contributed by atoms with Gasteiger partial charge in [0.25, 0.3) is 0 Å². The van der Waals surface area contributed by atoms with Crippen LogP contribution in [0.2, 0.25) is 0 Å². The zero-order valence-electron chi connectivity index (χ0n) is 18.0. The Labute approximate surface area is 185 Å². The van der Waals surface area contributed by atoms with Crippen molar-refractivity contribution in [3.8, 4) is 17.2 Å². The van der Waals surface area contributed by atoms with Crippen LogP contribution >= 0.6 is 0 Å². The summed E-state index contributed by atoms with van der Waals surface area (Å²) in [5.41, 5.74) is 3.07. The molecule has 2 aromatic heterocycles. The number of ether oxygens (including phenoxy) is 3. The molecule has 0 radical (unpaired) electrons. The van der Waals surface area contributed by atoms with Crippen LogP contribution in [0.4, 0.5) is 11.5 Å². The Balaban J connectivity index is 1.64. The highest BCUT2D eigenvalue weighted by atomic mass is 16.5. The fourth-order valence-electron chi connectivity index (χ4n) is 3.15. The number of carbonyl (C=O) groups is 1. The number of carbonyl (C=O) groups excluding carboxylic acids is 1. The highest BCUT2D eigenvalue weighted by Crippen LogP contribution is 2.35. The number of hydrogen-bond acceptors (Lipinski definition) is 8. The molecule has 2 aromatic carbocycles. The molecule has 4 rings (SSSR count). The Morgan fingerprint density at radius 2 is 1.88 bits per heavy atom. The van der Waals surface area contributed by atoms with E-state index in [-0.39, 0.29) is 5.97 Å². The van der Waals surface area contributed by atoms with Crippen molar-refractivity contribution in [2.45, 2.75) is 20.5 Å². The Morgan fingerprint density at radius 1 is 1.00 bits per heavy atom. The van der Waals surface area contributed by atoms with Gasteiger partial charge in [-0.2, -0.15) is 0 Å². The third-order valence-corrected chi connectivity index (χ3v) is 4.73. The van der Waals surface area contributed by atoms with E-state index in [1.807, 2.05) is 49.4 Å². The number of nitrogens with one attached hydrogen (secondary N) is 1. The zero-order chi connectivity index (χ0) is 22.5. The summed E-state index contributed by atoms with van der Waals surface area (Å²) in [5, 5.41) is 4.02. The molecule has 8 heteroatoms. The fourth-order valence-corrected chi connectivity index (χ4v) is 3.15. The molecule has 0 saturated carbocycles. The first-order valence-electron chi connectivity index (χ1n) is 9.95. The lowest BCUT2D eigenvalue weighted by molar-refractivity contribution is -0.131. The molecule has 2 heterocycles. The molecule has 0 atom stereocenters. The molecule has 0 aliphatic heterocycles. The maximum Gasteiger partial charge on any atom is 0.308 e. The summed E-state index contributed by atoms with van der Waals surface area (Å²) in [6.45, 7) is 3.55. The summed E-state index contributed by atoms with van der Waals surface area (Å²) in [5.74, 6) is 1.81. The third-order valence-electron chi connectivity index (χ3n) is 4.73. The lowest BCUT2D eigenvalue weighted by Gasteiger charge is -2.14. The quantitative estimate of drug-likeness (QED) is 0.336. The molecule has 0 spiro atoms. The Hall–Kier alpha value is -4.20. The maximum atomic E-state index is 11.4. The lowest BCUT2D eigenvalue weighted by atomic mass is 10.1. The number of nitrogens with zero attached hydrogens (tertiary/aromatic N) is 3. The number of benzene rings is 2. The van der Waals surface area contributed by atoms with E-state index in [4.69, 9.17) is 14.2 Å². The predicted octanol–water partition coefficient (Wildman–Crippen LogP) is 4.59. The van der Waals surface area contributed by atoms with E-state index in [2.05, 4.69) is 20.3 Å². The van der Waals surface area contributed by atoms with Crippen molar-refractivity contribution >= 4 is 28.4 Å². The van der Waals surface area contributed by atoms with Crippen LogP contribution in [0.25, 0.3) is 10.9 Å². The summed E-state index contributed by atoms with van der Waals surface area (Å²) in [6.07, 6.45) is 3.19. The maximum absolute atomic E-state index is 11.4. The van der Waals surface area contributed by atoms with Crippen LogP contribution in [0, 0.1) is 6.92 Å². The molecule has 4 aromatic rings. The highest BCUT2D eigenvalue weighted by Gasteiger charge is 2.13. The number of pyridine rings is 1. The average molecular weight is 430 g/mol. The largest absolute Gasteiger partial charge is 0.493 e. The van der Waals surface area contributed by atoms with Crippen LogP contribution in [0.1, 0.15) is 18.2 Å². The minimum absolute atomic E-state index is 0.307. The fraction of sp³-hybridized carbons (Fsp3) is 0.167. The molecule has 32 heavy (non-hydrogen) atoms. The van der Waals surface area contributed by atoms with Crippen LogP contribution in [0.15, 0.2) is 61.1 Å². The Morgan fingerprint density at radius 3 is 2.62 bits per heavy atom. The van der Waals surface area contributed by atoms with Crippen LogP contribution in [-0.4, -0.2) is 28.0 Å². The molecule has 8 nitrogen and oxygen atoms in total. The molecular weight excluding hydrogens is 408 g/mol. The third kappa shape index (κ3) is 4.75. The first kappa shape index (κ1) is 21.0. The van der Waals surface area contributed by atoms with E-state index in [1.54, 1.807) is 19.4 Å². The molecule has 0 saturated heterocycles. The zero-order valence-corrected chi connectivity index (χ0v) is 18.0. The van der Waals surface area contributed by atoms with E-state index in [9.17, 15) is 4.79 Å². The van der Waals surface area contributed by atoms with Crippen molar-refractivity contribution in [3.05, 3.63) is 72.3 Å². The van der Waals surface area contributed by atoms with Gasteiger partial charge in [0.05, 0.1) is 18.3 Å². The number of esters is 1. The van der Waals surface area contributed by atoms with Gasteiger partial charge in [-0.05, 0) is 36.8 Å². The van der Waals surface area contributed by atoms with Gasteiger partial charge in [0.1, 0.15) is 24.5 Å². The van der Waals surface area contributed by atoms with Gasteiger partial charge in [-0.25, -0.2) is 9.97 Å². The van der Waals surface area contributed by atoms with Crippen molar-refractivity contribution in [3.63, 3.8) is 0 Å². The van der Waals surface area contributed by atoms with Gasteiger partial charge in [0.15, 0.2) is 11.5 Å². The summed E-state index contributed by atoms with van der Waals surface area (Å²) in [4.78, 5) is 24.4. The smallest absolute Gasteiger partial charge is 0.308 e. The van der Waals surface area contributed by atoms with Crippen molar-refractivity contribution < 1.29 is 19.0 Å². The minimum Gasteiger partial charge on any atom is -0.493 e. The van der Waals surface area contributed by atoms with Gasteiger partial charge >= 0.3 is 5.97 Å². The molecule has 0 unspecified atom stereocenters. The van der Waals surface area contributed by atoms with E-state index >= 15 is 0 Å². The molecule has 0 amide bonds. The number of aryl methyl sites for hydroxylation is 1. The standard InChI is InChI=1S/C24H22N4O4/c1-15-7-8-17(10-21(15)32-16(2)29)28-24-19-11-22(30-3)23(12-20(19)26-14-27-24)31-13-18-6-4-5-9-25-18/h4-12,14H,13H2,1-3H3,(H,26,27,28). The second-order valence-corrected chi connectivity index (χ2v) is 7.05. The number of rotatable bonds is 7. The van der Waals surface area contributed by atoms with Crippen molar-refractivity contribution in [2.75, 3.05) is 12.4 Å². The van der Waals surface area contributed by atoms with E-state index in [1.165, 1.54) is 13.3 Å². The van der Waals surface area contributed by atoms with Crippen LogP contribution in [0.5, 0.6) is 17.2 Å². The van der Waals surface area contributed by atoms with E-state index in [0.717, 1.165) is 22.3 Å². The van der Waals surface area contributed by atoms with Crippen LogP contribution < -0.4 is 19.5 Å². The second-order valence-electron chi connectivity index (χ2n) is 7.05. The molecule has 0 fully saturated rings. The number of fused-ring (bicyclic) bond motifs is 1. The molecule has 0 aliphatic rings. The average Bonchev–Trinajstić information content (AvgIpc) is 2.80. The van der Waals surface area contributed by atoms with E-state index in [0.29, 0.717) is 35.2 Å². The number of methoxy groups -OCH3 is 1. The summed E-state index contributed by atoms with van der Waals surface area (Å²) in [6, 6.07) is 14.8. The van der Waals surface area contributed by atoms with Gasteiger partial charge < -0.3 is 19.5 Å². The SMILES string of the molecule is COc1cc2c(Nc3ccc(C)c(OC(C)=O)c3)ncnc2cc1OCc1ccccn1. The second kappa shape index (κ2) is 9.30. The molecular formula is C24H22N4O4. The summed E-state index contributed by atoms with van der Waals surface area (Å²) in [7, 11) is 1.58. The monoisotopic (exact) mass is 430 g/mol. The van der Waals surface area contributed by atoms with Gasteiger partial charge in [-0.15, -0.1) is 0 Å². The Kier molecular flexibility index (Phi) is 6.12. The molecule has 1 N–H and O–H groups in total. The number of anilines is 2. The van der Waals surface area contributed by atoms with Gasteiger partial charge in [-0.1, -0.05) is 12.1 Å². The molecule has 0 aliphatic carbocycles. The van der Waals surface area contributed by atoms with Gasteiger partial charge in [-0.3, -0.25) is 9.78 Å². The van der Waals surface area contributed by atoms with Crippen molar-refractivity contribution in [1.29, 1.82) is 0 Å². The number of hydrogen-bond donors (Lipinski definition) is 1. The van der Waals surface area contributed by atoms with Crippen LogP contribution in [0.3, 0.4) is 0 Å². The van der Waals surface area contributed by atoms with Crippen LogP contribution in [-0.2, 0) is 11.4 Å². The Bertz CT molecular complexity index is 1260. The normalized spacial score (nSPS) is 10.6.